The zero-order chi connectivity index (χ0) is 12.4. The Bertz CT molecular complexity index is 196. The van der Waals surface area contributed by atoms with E-state index < -0.39 is 0 Å². The molecule has 96 valence electrons. The predicted octanol–water partition coefficient (Wildman–Crippen LogP) is -0.110. The van der Waals surface area contributed by atoms with Gasteiger partial charge in [-0.3, -0.25) is 4.79 Å². The molecule has 0 aromatic heterocycles. The predicted molar refractivity (Wildman–Crippen MR) is 63.3 cm³/mol. The second-order valence-corrected chi connectivity index (χ2v) is 4.30. The van der Waals surface area contributed by atoms with Crippen LogP contribution in [0.1, 0.15) is 27.2 Å². The van der Waals surface area contributed by atoms with Crippen molar-refractivity contribution in [3.8, 4) is 0 Å². The van der Waals surface area contributed by atoms with E-state index in [2.05, 4.69) is 10.6 Å². The van der Waals surface area contributed by atoms with Gasteiger partial charge < -0.3 is 20.5 Å². The van der Waals surface area contributed by atoms with Crippen molar-refractivity contribution in [2.45, 2.75) is 32.7 Å². The molecule has 0 radical (unpaired) electrons. The minimum absolute atomic E-state index is 0.00555. The smallest absolute Gasteiger partial charge is 0.234 e. The van der Waals surface area contributed by atoms with Crippen LogP contribution in [0.3, 0.4) is 0 Å². The van der Waals surface area contributed by atoms with Crippen LogP contribution in [0.2, 0.25) is 0 Å². The van der Waals surface area contributed by atoms with Crippen molar-refractivity contribution in [2.75, 3.05) is 32.9 Å². The maximum Gasteiger partial charge on any atom is 0.234 e. The lowest BCUT2D eigenvalue weighted by Gasteiger charge is -2.24. The number of rotatable bonds is 9. The molecule has 0 aliphatic heterocycles. The van der Waals surface area contributed by atoms with Gasteiger partial charge in [-0.1, -0.05) is 6.92 Å². The highest BCUT2D eigenvalue weighted by Gasteiger charge is 2.16. The van der Waals surface area contributed by atoms with Gasteiger partial charge in [0.25, 0.3) is 0 Å². The third kappa shape index (κ3) is 8.64. The molecule has 3 N–H and O–H groups in total. The molecule has 0 bridgehead atoms. The van der Waals surface area contributed by atoms with Gasteiger partial charge in [0.15, 0.2) is 0 Å². The Morgan fingerprint density at radius 2 is 2.06 bits per heavy atom. The third-order valence-electron chi connectivity index (χ3n) is 2.31. The number of aliphatic hydroxyl groups is 1. The quantitative estimate of drug-likeness (QED) is 0.485. The van der Waals surface area contributed by atoms with E-state index in [4.69, 9.17) is 9.84 Å². The van der Waals surface area contributed by atoms with Crippen LogP contribution in [0.4, 0.5) is 0 Å². The Kier molecular flexibility index (Phi) is 8.15. The summed E-state index contributed by atoms with van der Waals surface area (Å²) >= 11 is 0. The third-order valence-corrected chi connectivity index (χ3v) is 2.31. The van der Waals surface area contributed by atoms with Crippen LogP contribution in [-0.2, 0) is 9.53 Å². The minimum atomic E-state index is -0.147. The first-order valence-corrected chi connectivity index (χ1v) is 5.72. The molecular weight excluding hydrogens is 208 g/mol. The van der Waals surface area contributed by atoms with E-state index in [1.165, 1.54) is 0 Å². The fraction of sp³-hybridized carbons (Fsp3) is 0.909. The molecule has 16 heavy (non-hydrogen) atoms. The lowest BCUT2D eigenvalue weighted by atomic mass is 10.0. The average molecular weight is 232 g/mol. The van der Waals surface area contributed by atoms with Crippen LogP contribution in [0.15, 0.2) is 0 Å². The van der Waals surface area contributed by atoms with E-state index in [9.17, 15) is 4.79 Å². The molecule has 0 unspecified atom stereocenters. The maximum absolute atomic E-state index is 11.5. The Labute approximate surface area is 97.6 Å². The number of carbonyl (C=O) groups excluding carboxylic acids is 1. The van der Waals surface area contributed by atoms with Gasteiger partial charge in [-0.2, -0.15) is 0 Å². The molecule has 1 amide bonds. The van der Waals surface area contributed by atoms with E-state index in [0.29, 0.717) is 26.3 Å². The normalized spacial score (nSPS) is 11.5. The van der Waals surface area contributed by atoms with Crippen LogP contribution in [0.25, 0.3) is 0 Å². The van der Waals surface area contributed by atoms with Crippen molar-refractivity contribution in [1.82, 2.24) is 10.6 Å². The summed E-state index contributed by atoms with van der Waals surface area (Å²) in [5.74, 6) is -0.00555. The van der Waals surface area contributed by atoms with Crippen molar-refractivity contribution in [2.24, 2.45) is 0 Å². The minimum Gasteiger partial charge on any atom is -0.394 e. The molecule has 0 aliphatic carbocycles. The molecule has 0 aromatic carbocycles. The summed E-state index contributed by atoms with van der Waals surface area (Å²) in [6, 6.07) is 0. The van der Waals surface area contributed by atoms with Gasteiger partial charge >= 0.3 is 0 Å². The van der Waals surface area contributed by atoms with Crippen molar-refractivity contribution in [3.63, 3.8) is 0 Å². The molecule has 0 spiro atoms. The zero-order valence-electron chi connectivity index (χ0n) is 10.5. The molecule has 5 nitrogen and oxygen atoms in total. The number of nitrogens with one attached hydrogen (secondary N) is 2. The molecule has 0 rings (SSSR count). The molecule has 0 heterocycles. The van der Waals surface area contributed by atoms with Crippen molar-refractivity contribution < 1.29 is 14.6 Å². The number of aliphatic hydroxyl groups excluding tert-OH is 1. The molecule has 0 saturated heterocycles. The molecular formula is C11H24N2O3. The van der Waals surface area contributed by atoms with Gasteiger partial charge in [0.1, 0.15) is 0 Å². The largest absolute Gasteiger partial charge is 0.394 e. The second-order valence-electron chi connectivity index (χ2n) is 4.30. The summed E-state index contributed by atoms with van der Waals surface area (Å²) < 4.78 is 5.04. The summed E-state index contributed by atoms with van der Waals surface area (Å²) in [4.78, 5) is 11.5. The molecule has 0 saturated carbocycles. The van der Waals surface area contributed by atoms with Gasteiger partial charge in [0.05, 0.1) is 26.4 Å². The first-order chi connectivity index (χ1) is 7.52. The Morgan fingerprint density at radius 1 is 1.38 bits per heavy atom. The fourth-order valence-corrected chi connectivity index (χ4v) is 1.02. The summed E-state index contributed by atoms with van der Waals surface area (Å²) in [5.41, 5.74) is -0.147. The molecule has 0 fully saturated rings. The summed E-state index contributed by atoms with van der Waals surface area (Å²) in [6.45, 7) is 7.82. The van der Waals surface area contributed by atoms with Gasteiger partial charge in [-0.05, 0) is 20.3 Å². The van der Waals surface area contributed by atoms with E-state index >= 15 is 0 Å². The van der Waals surface area contributed by atoms with E-state index in [-0.39, 0.29) is 18.1 Å². The number of hydrogen-bond acceptors (Lipinski definition) is 4. The van der Waals surface area contributed by atoms with E-state index in [1.807, 2.05) is 20.8 Å². The van der Waals surface area contributed by atoms with Crippen LogP contribution in [0.5, 0.6) is 0 Å². The van der Waals surface area contributed by atoms with Crippen LogP contribution >= 0.6 is 0 Å². The monoisotopic (exact) mass is 232 g/mol. The summed E-state index contributed by atoms with van der Waals surface area (Å²) in [7, 11) is 0. The van der Waals surface area contributed by atoms with Crippen LogP contribution < -0.4 is 10.6 Å². The van der Waals surface area contributed by atoms with Gasteiger partial charge in [-0.25, -0.2) is 0 Å². The van der Waals surface area contributed by atoms with Crippen molar-refractivity contribution in [1.29, 1.82) is 0 Å². The average Bonchev–Trinajstić information content (AvgIpc) is 2.22. The zero-order valence-corrected chi connectivity index (χ0v) is 10.5. The van der Waals surface area contributed by atoms with Crippen LogP contribution in [0, 0.1) is 0 Å². The highest BCUT2D eigenvalue weighted by molar-refractivity contribution is 5.78. The highest BCUT2D eigenvalue weighted by atomic mass is 16.5. The number of ether oxygens (including phenoxy) is 1. The standard InChI is InChI=1S/C11H24N2O3/c1-4-11(2,3)13-10(15)9-12-5-7-16-8-6-14/h12,14H,4-9H2,1-3H3,(H,13,15). The first-order valence-electron chi connectivity index (χ1n) is 5.72. The summed E-state index contributed by atoms with van der Waals surface area (Å²) in [5, 5.41) is 14.4. The van der Waals surface area contributed by atoms with Crippen molar-refractivity contribution in [3.05, 3.63) is 0 Å². The number of amides is 1. The van der Waals surface area contributed by atoms with E-state index in [1.54, 1.807) is 0 Å². The van der Waals surface area contributed by atoms with Crippen LogP contribution in [-0.4, -0.2) is 49.5 Å². The second kappa shape index (κ2) is 8.50. The number of hydrogen-bond donors (Lipinski definition) is 3. The SMILES string of the molecule is CCC(C)(C)NC(=O)CNCCOCCO. The Morgan fingerprint density at radius 3 is 2.62 bits per heavy atom. The lowest BCUT2D eigenvalue weighted by Crippen LogP contribution is -2.46. The molecule has 0 atom stereocenters. The maximum atomic E-state index is 11.5. The first kappa shape index (κ1) is 15.3. The highest BCUT2D eigenvalue weighted by Crippen LogP contribution is 2.05. The van der Waals surface area contributed by atoms with E-state index in [0.717, 1.165) is 6.42 Å². The van der Waals surface area contributed by atoms with Gasteiger partial charge in [0.2, 0.25) is 5.91 Å². The molecule has 5 heteroatoms. The fourth-order valence-electron chi connectivity index (χ4n) is 1.02. The van der Waals surface area contributed by atoms with Crippen molar-refractivity contribution >= 4 is 5.91 Å². The molecule has 0 aromatic rings. The van der Waals surface area contributed by atoms with Gasteiger partial charge in [0, 0.05) is 12.1 Å². The lowest BCUT2D eigenvalue weighted by molar-refractivity contribution is -0.121. The Balaban J connectivity index is 3.44. The summed E-state index contributed by atoms with van der Waals surface area (Å²) in [6.07, 6.45) is 0.901. The Hall–Kier alpha value is -0.650. The number of carbonyl (C=O) groups is 1. The molecule has 0 aliphatic rings. The van der Waals surface area contributed by atoms with Gasteiger partial charge in [-0.15, -0.1) is 0 Å². The topological polar surface area (TPSA) is 70.6 Å².